The number of hydroxylamine groups is 1. The molecule has 5 rings (SSSR count). The quantitative estimate of drug-likeness (QED) is 0.0270. The molecular formula is C38H43N3O7S. The number of benzene rings is 3. The third kappa shape index (κ3) is 10.6. The van der Waals surface area contributed by atoms with Gasteiger partial charge in [-0.05, 0) is 46.7 Å². The monoisotopic (exact) mass is 685 g/mol. The van der Waals surface area contributed by atoms with Crippen molar-refractivity contribution in [1.29, 1.82) is 0 Å². The first kappa shape index (κ1) is 36.0. The third-order valence-electron chi connectivity index (χ3n) is 8.49. The van der Waals surface area contributed by atoms with Crippen LogP contribution in [0.25, 0.3) is 11.1 Å². The van der Waals surface area contributed by atoms with Crippen LogP contribution in [0.15, 0.2) is 102 Å². The summed E-state index contributed by atoms with van der Waals surface area (Å²) >= 11 is 1.46. The van der Waals surface area contributed by atoms with Crippen molar-refractivity contribution in [3.63, 3.8) is 0 Å². The van der Waals surface area contributed by atoms with Crippen molar-refractivity contribution in [3.8, 4) is 11.1 Å². The molecule has 1 saturated heterocycles. The van der Waals surface area contributed by atoms with Gasteiger partial charge in [-0.15, -0.1) is 0 Å². The molecule has 258 valence electrons. The van der Waals surface area contributed by atoms with Crippen LogP contribution in [-0.2, 0) is 32.2 Å². The molecule has 49 heavy (non-hydrogen) atoms. The van der Waals surface area contributed by atoms with Gasteiger partial charge in [0.2, 0.25) is 11.8 Å². The Bertz CT molecular complexity index is 1650. The minimum atomic E-state index is -0.618. The molecule has 10 nitrogen and oxygen atoms in total. The molecule has 0 spiro atoms. The lowest BCUT2D eigenvalue weighted by atomic mass is 9.97. The molecule has 3 aromatic carbocycles. The molecule has 0 aliphatic carbocycles. The van der Waals surface area contributed by atoms with Gasteiger partial charge in [-0.1, -0.05) is 97.4 Å². The Labute approximate surface area is 291 Å². The lowest BCUT2D eigenvalue weighted by Gasteiger charge is -2.36. The summed E-state index contributed by atoms with van der Waals surface area (Å²) in [5.41, 5.74) is 7.36. The molecule has 0 radical (unpaired) electrons. The number of aromatic nitrogens is 1. The maximum atomic E-state index is 12.5. The average molecular weight is 686 g/mol. The normalized spacial score (nSPS) is 17.4. The zero-order valence-electron chi connectivity index (χ0n) is 27.3. The number of nitrogens with one attached hydrogen (secondary N) is 2. The molecule has 2 heterocycles. The molecule has 0 saturated carbocycles. The van der Waals surface area contributed by atoms with E-state index in [4.69, 9.17) is 14.7 Å². The number of amides is 2. The van der Waals surface area contributed by atoms with Crippen molar-refractivity contribution in [2.45, 2.75) is 81.6 Å². The van der Waals surface area contributed by atoms with Gasteiger partial charge in [-0.25, -0.2) is 5.48 Å². The van der Waals surface area contributed by atoms with Crippen LogP contribution in [0.5, 0.6) is 0 Å². The predicted octanol–water partition coefficient (Wildman–Crippen LogP) is 6.28. The van der Waals surface area contributed by atoms with Crippen LogP contribution in [0, 0.1) is 5.21 Å². The first-order valence-electron chi connectivity index (χ1n) is 16.6. The highest BCUT2D eigenvalue weighted by molar-refractivity contribution is 7.99. The minimum Gasteiger partial charge on any atom is -0.618 e. The Hall–Kier alpha value is -4.26. The van der Waals surface area contributed by atoms with E-state index in [0.717, 1.165) is 57.4 Å². The van der Waals surface area contributed by atoms with E-state index in [2.05, 4.69) is 5.32 Å². The first-order chi connectivity index (χ1) is 23.9. The second-order valence-corrected chi connectivity index (χ2v) is 13.1. The van der Waals surface area contributed by atoms with Crippen molar-refractivity contribution in [2.75, 3.05) is 5.75 Å². The van der Waals surface area contributed by atoms with Crippen LogP contribution in [0.4, 0.5) is 0 Å². The van der Waals surface area contributed by atoms with Crippen LogP contribution in [0.2, 0.25) is 0 Å². The Morgan fingerprint density at radius 3 is 2.24 bits per heavy atom. The summed E-state index contributed by atoms with van der Waals surface area (Å²) in [6, 6.07) is 29.2. The first-order valence-corrected chi connectivity index (χ1v) is 17.6. The Kier molecular flexibility index (Phi) is 13.6. The number of hydrogen-bond donors (Lipinski definition) is 4. The van der Waals surface area contributed by atoms with E-state index in [9.17, 15) is 19.9 Å². The van der Waals surface area contributed by atoms with Gasteiger partial charge in [0.25, 0.3) is 5.03 Å². The number of aliphatic hydroxyl groups is 1. The number of thioether (sulfide) groups is 1. The van der Waals surface area contributed by atoms with E-state index in [1.165, 1.54) is 18.0 Å². The SMILES string of the molecule is O=C(CCCCCCC(=O)NCc1ccccc1-c1ccc(C2OC(CSc3cccc[n+]3[O-])CC(c3ccc(CO)cc3)O2)cc1)NO. The topological polar surface area (TPSA) is 144 Å². The van der Waals surface area contributed by atoms with E-state index in [1.54, 1.807) is 17.6 Å². The highest BCUT2D eigenvalue weighted by atomic mass is 32.2. The number of carbonyl (C=O) groups is 2. The summed E-state index contributed by atoms with van der Waals surface area (Å²) in [6.07, 6.45) is 4.85. The number of rotatable bonds is 16. The van der Waals surface area contributed by atoms with E-state index in [0.29, 0.717) is 36.6 Å². The van der Waals surface area contributed by atoms with Gasteiger partial charge in [0.1, 0.15) is 0 Å². The van der Waals surface area contributed by atoms with Crippen LogP contribution in [-0.4, -0.2) is 34.0 Å². The number of aliphatic hydroxyl groups excluding tert-OH is 1. The Morgan fingerprint density at radius 1 is 0.837 bits per heavy atom. The third-order valence-corrected chi connectivity index (χ3v) is 9.64. The van der Waals surface area contributed by atoms with Gasteiger partial charge in [-0.3, -0.25) is 14.8 Å². The maximum Gasteiger partial charge on any atom is 0.251 e. The fourth-order valence-electron chi connectivity index (χ4n) is 5.76. The second kappa shape index (κ2) is 18.5. The van der Waals surface area contributed by atoms with Crippen molar-refractivity contribution in [3.05, 3.63) is 125 Å². The van der Waals surface area contributed by atoms with Crippen molar-refractivity contribution in [2.24, 2.45) is 0 Å². The summed E-state index contributed by atoms with van der Waals surface area (Å²) in [5, 5.41) is 34.0. The van der Waals surface area contributed by atoms with Crippen molar-refractivity contribution < 1.29 is 34.1 Å². The van der Waals surface area contributed by atoms with Gasteiger partial charge in [-0.2, -0.15) is 4.73 Å². The van der Waals surface area contributed by atoms with Crippen LogP contribution < -0.4 is 15.5 Å². The molecule has 4 N–H and O–H groups in total. The van der Waals surface area contributed by atoms with Gasteiger partial charge in [0, 0.05) is 49.3 Å². The van der Waals surface area contributed by atoms with Crippen molar-refractivity contribution in [1.82, 2.24) is 10.8 Å². The van der Waals surface area contributed by atoms with Gasteiger partial charge in [0.05, 0.1) is 18.8 Å². The summed E-state index contributed by atoms with van der Waals surface area (Å²) in [5.74, 6) is 0.174. The minimum absolute atomic E-state index is 0.0181. The molecule has 1 aliphatic heterocycles. The van der Waals surface area contributed by atoms with Gasteiger partial charge < -0.3 is 25.1 Å². The Morgan fingerprint density at radius 2 is 1.53 bits per heavy atom. The van der Waals surface area contributed by atoms with E-state index < -0.39 is 6.29 Å². The number of pyridine rings is 1. The molecule has 11 heteroatoms. The molecule has 0 bridgehead atoms. The summed E-state index contributed by atoms with van der Waals surface area (Å²) < 4.78 is 13.8. The summed E-state index contributed by atoms with van der Waals surface area (Å²) in [4.78, 5) is 23.6. The van der Waals surface area contributed by atoms with Crippen molar-refractivity contribution >= 4 is 23.6 Å². The zero-order chi connectivity index (χ0) is 34.4. The largest absolute Gasteiger partial charge is 0.618 e. The lowest BCUT2D eigenvalue weighted by Crippen LogP contribution is -2.32. The van der Waals surface area contributed by atoms with Crippen LogP contribution in [0.1, 0.15) is 79.6 Å². The number of hydrogen-bond acceptors (Lipinski definition) is 8. The summed E-state index contributed by atoms with van der Waals surface area (Å²) in [7, 11) is 0. The lowest BCUT2D eigenvalue weighted by molar-refractivity contribution is -0.645. The van der Waals surface area contributed by atoms with Crippen LogP contribution in [0.3, 0.4) is 0 Å². The smallest absolute Gasteiger partial charge is 0.251 e. The molecule has 1 fully saturated rings. The van der Waals surface area contributed by atoms with Crippen LogP contribution >= 0.6 is 11.8 Å². The van der Waals surface area contributed by atoms with Gasteiger partial charge in [0.15, 0.2) is 12.5 Å². The fourth-order valence-corrected chi connectivity index (χ4v) is 6.70. The molecule has 1 aliphatic rings. The van der Waals surface area contributed by atoms with E-state index in [-0.39, 0.29) is 37.0 Å². The summed E-state index contributed by atoms with van der Waals surface area (Å²) in [6.45, 7) is 0.380. The number of nitrogens with zero attached hydrogens (tertiary/aromatic N) is 1. The van der Waals surface area contributed by atoms with E-state index >= 15 is 0 Å². The number of carbonyl (C=O) groups excluding carboxylic acids is 2. The maximum absolute atomic E-state index is 12.5. The molecule has 4 aromatic rings. The molecule has 1 aromatic heterocycles. The molecule has 3 unspecified atom stereocenters. The molecule has 2 amide bonds. The second-order valence-electron chi connectivity index (χ2n) is 12.0. The average Bonchev–Trinajstić information content (AvgIpc) is 3.15. The Balaban J connectivity index is 1.22. The van der Waals surface area contributed by atoms with Gasteiger partial charge >= 0.3 is 0 Å². The number of unbranched alkanes of at least 4 members (excludes halogenated alkanes) is 3. The molecular weight excluding hydrogens is 642 g/mol. The van der Waals surface area contributed by atoms with E-state index in [1.807, 2.05) is 78.9 Å². The predicted molar refractivity (Wildman–Crippen MR) is 186 cm³/mol. The molecule has 3 atom stereocenters. The fraction of sp³-hybridized carbons (Fsp3) is 0.342. The highest BCUT2D eigenvalue weighted by Gasteiger charge is 2.32. The standard InChI is InChI=1S/C38H43N3O7S/c42-25-27-14-16-29(17-15-27)34-23-32(26-49-37-13-7-8-22-41(37)46)47-38(48-34)30-20-18-28(19-21-30)33-10-6-5-9-31(33)24-39-35(43)11-3-1-2-4-12-36(44)40-45/h5-10,13-22,32,34,38,42,45H,1-4,11-12,23-26H2,(H,39,43)(H,40,44). The highest BCUT2D eigenvalue weighted by Crippen LogP contribution is 2.40. The number of ether oxygens (including phenoxy) is 2. The zero-order valence-corrected chi connectivity index (χ0v) is 28.1.